The second-order valence-corrected chi connectivity index (χ2v) is 6.30. The summed E-state index contributed by atoms with van der Waals surface area (Å²) in [6.07, 6.45) is 6.29. The molecule has 3 heterocycles. The highest BCUT2D eigenvalue weighted by Gasteiger charge is 2.23. The fraction of sp³-hybridized carbons (Fsp3) is 0.412. The molecule has 0 saturated carbocycles. The molecule has 2 aromatic heterocycles. The van der Waals surface area contributed by atoms with E-state index in [0.29, 0.717) is 6.54 Å². The normalized spacial score (nSPS) is 14.3. The summed E-state index contributed by atoms with van der Waals surface area (Å²) in [6, 6.07) is 4.87. The first-order chi connectivity index (χ1) is 13.6. The van der Waals surface area contributed by atoms with Crippen LogP contribution in [0.2, 0.25) is 0 Å². The Kier molecular flexibility index (Phi) is 6.63. The average Bonchev–Trinajstić information content (AvgIpc) is 2.73. The average molecular weight is 386 g/mol. The lowest BCUT2D eigenvalue weighted by molar-refractivity contribution is -0.383. The van der Waals surface area contributed by atoms with E-state index in [9.17, 15) is 14.9 Å². The SMILES string of the molecule is O=C(NNc1ncnc(NCCN2CCCCC2)c1[N+](=O)[O-])c1ccccn1. The summed E-state index contributed by atoms with van der Waals surface area (Å²) in [5.74, 6) is -0.538. The van der Waals surface area contributed by atoms with Gasteiger partial charge in [0.1, 0.15) is 12.0 Å². The highest BCUT2D eigenvalue weighted by atomic mass is 16.6. The van der Waals surface area contributed by atoms with Crippen molar-refractivity contribution in [2.24, 2.45) is 0 Å². The van der Waals surface area contributed by atoms with Gasteiger partial charge in [0, 0.05) is 19.3 Å². The van der Waals surface area contributed by atoms with E-state index in [1.54, 1.807) is 12.1 Å². The number of pyridine rings is 1. The summed E-state index contributed by atoms with van der Waals surface area (Å²) in [7, 11) is 0. The van der Waals surface area contributed by atoms with E-state index < -0.39 is 10.8 Å². The standard InChI is InChI=1S/C17H22N8O3/c26-17(13-6-2-3-7-18-13)23-22-16-14(25(27)28)15(20-12-21-16)19-8-11-24-9-4-1-5-10-24/h2-3,6-7,12H,1,4-5,8-11H2,(H,23,26)(H2,19,20,21,22). The molecule has 11 heteroatoms. The molecule has 0 radical (unpaired) electrons. The quantitative estimate of drug-likeness (QED) is 0.454. The Morgan fingerprint density at radius 3 is 2.64 bits per heavy atom. The molecule has 11 nitrogen and oxygen atoms in total. The maximum atomic E-state index is 12.1. The van der Waals surface area contributed by atoms with Gasteiger partial charge in [-0.15, -0.1) is 0 Å². The third-order valence-corrected chi connectivity index (χ3v) is 4.37. The lowest BCUT2D eigenvalue weighted by Gasteiger charge is -2.26. The van der Waals surface area contributed by atoms with E-state index in [1.807, 2.05) is 0 Å². The Hall–Kier alpha value is -3.34. The van der Waals surface area contributed by atoms with Gasteiger partial charge in [0.05, 0.1) is 4.92 Å². The van der Waals surface area contributed by atoms with Gasteiger partial charge in [-0.1, -0.05) is 12.5 Å². The lowest BCUT2D eigenvalue weighted by atomic mass is 10.1. The van der Waals surface area contributed by atoms with Crippen LogP contribution in [0.15, 0.2) is 30.7 Å². The number of aromatic nitrogens is 3. The molecule has 0 bridgehead atoms. The maximum Gasteiger partial charge on any atom is 0.354 e. The molecule has 1 saturated heterocycles. The van der Waals surface area contributed by atoms with Crippen LogP contribution >= 0.6 is 0 Å². The van der Waals surface area contributed by atoms with Crippen molar-refractivity contribution in [2.45, 2.75) is 19.3 Å². The second kappa shape index (κ2) is 9.55. The zero-order valence-corrected chi connectivity index (χ0v) is 15.3. The van der Waals surface area contributed by atoms with Crippen molar-refractivity contribution in [1.29, 1.82) is 0 Å². The number of carbonyl (C=O) groups is 1. The molecule has 1 aliphatic rings. The van der Waals surface area contributed by atoms with Crippen molar-refractivity contribution in [3.05, 3.63) is 46.5 Å². The molecule has 0 unspecified atom stereocenters. The zero-order chi connectivity index (χ0) is 19.8. The number of rotatable bonds is 8. The number of nitrogens with zero attached hydrogens (tertiary/aromatic N) is 5. The molecule has 0 atom stereocenters. The van der Waals surface area contributed by atoms with Gasteiger partial charge in [0.25, 0.3) is 5.91 Å². The van der Waals surface area contributed by atoms with Crippen LogP contribution in [0.5, 0.6) is 0 Å². The van der Waals surface area contributed by atoms with E-state index in [0.717, 1.165) is 19.6 Å². The minimum atomic E-state index is -0.585. The lowest BCUT2D eigenvalue weighted by Crippen LogP contribution is -2.34. The fourth-order valence-corrected chi connectivity index (χ4v) is 2.97. The molecule has 1 fully saturated rings. The fourth-order valence-electron chi connectivity index (χ4n) is 2.97. The highest BCUT2D eigenvalue weighted by Crippen LogP contribution is 2.28. The van der Waals surface area contributed by atoms with Gasteiger partial charge in [0.15, 0.2) is 0 Å². The van der Waals surface area contributed by atoms with Gasteiger partial charge in [-0.25, -0.2) is 9.97 Å². The van der Waals surface area contributed by atoms with Crippen molar-refractivity contribution >= 4 is 23.2 Å². The molecule has 0 aromatic carbocycles. The van der Waals surface area contributed by atoms with Crippen molar-refractivity contribution < 1.29 is 9.72 Å². The Balaban J connectivity index is 1.63. The van der Waals surface area contributed by atoms with Crippen LogP contribution in [0.3, 0.4) is 0 Å². The minimum Gasteiger partial charge on any atom is -0.363 e. The zero-order valence-electron chi connectivity index (χ0n) is 15.3. The first-order valence-corrected chi connectivity index (χ1v) is 9.08. The molecule has 0 spiro atoms. The van der Waals surface area contributed by atoms with Crippen molar-refractivity contribution in [3.63, 3.8) is 0 Å². The summed E-state index contributed by atoms with van der Waals surface area (Å²) in [4.78, 5) is 37.1. The number of piperidine rings is 1. The highest BCUT2D eigenvalue weighted by molar-refractivity contribution is 5.93. The molecule has 1 aliphatic heterocycles. The summed E-state index contributed by atoms with van der Waals surface area (Å²) < 4.78 is 0. The summed E-state index contributed by atoms with van der Waals surface area (Å²) in [6.45, 7) is 3.39. The van der Waals surface area contributed by atoms with E-state index >= 15 is 0 Å². The second-order valence-electron chi connectivity index (χ2n) is 6.30. The smallest absolute Gasteiger partial charge is 0.354 e. The molecule has 28 heavy (non-hydrogen) atoms. The first-order valence-electron chi connectivity index (χ1n) is 9.08. The van der Waals surface area contributed by atoms with Crippen LogP contribution in [0.25, 0.3) is 0 Å². The predicted octanol–water partition coefficient (Wildman–Crippen LogP) is 1.43. The number of nitrogens with one attached hydrogen (secondary N) is 3. The van der Waals surface area contributed by atoms with Crippen LogP contribution in [-0.4, -0.2) is 56.9 Å². The largest absolute Gasteiger partial charge is 0.363 e. The Morgan fingerprint density at radius 2 is 1.93 bits per heavy atom. The number of hydrogen-bond donors (Lipinski definition) is 3. The van der Waals surface area contributed by atoms with Gasteiger partial charge in [-0.05, 0) is 38.1 Å². The Morgan fingerprint density at radius 1 is 1.14 bits per heavy atom. The summed E-state index contributed by atoms with van der Waals surface area (Å²) in [5.41, 5.74) is 4.70. The Labute approximate surface area is 161 Å². The topological polar surface area (TPSA) is 138 Å². The van der Waals surface area contributed by atoms with E-state index in [-0.39, 0.29) is 23.0 Å². The van der Waals surface area contributed by atoms with Crippen LogP contribution in [0, 0.1) is 10.1 Å². The van der Waals surface area contributed by atoms with Crippen LogP contribution in [-0.2, 0) is 0 Å². The third-order valence-electron chi connectivity index (χ3n) is 4.37. The molecule has 148 valence electrons. The Bertz CT molecular complexity index is 811. The van der Waals surface area contributed by atoms with E-state index in [2.05, 4.69) is 36.0 Å². The summed E-state index contributed by atoms with van der Waals surface area (Å²) >= 11 is 0. The number of hydrogen-bond acceptors (Lipinski definition) is 9. The molecular formula is C17H22N8O3. The van der Waals surface area contributed by atoms with Gasteiger partial charge in [0.2, 0.25) is 11.6 Å². The molecule has 1 amide bonds. The van der Waals surface area contributed by atoms with E-state index in [1.165, 1.54) is 37.9 Å². The van der Waals surface area contributed by atoms with Gasteiger partial charge < -0.3 is 10.2 Å². The number of amides is 1. The number of carbonyl (C=O) groups excluding carboxylic acids is 1. The molecular weight excluding hydrogens is 364 g/mol. The van der Waals surface area contributed by atoms with Gasteiger partial charge in [-0.3, -0.25) is 30.7 Å². The molecule has 3 rings (SSSR count). The van der Waals surface area contributed by atoms with Crippen molar-refractivity contribution in [3.8, 4) is 0 Å². The van der Waals surface area contributed by atoms with Crippen molar-refractivity contribution in [1.82, 2.24) is 25.3 Å². The molecule has 0 aliphatic carbocycles. The number of anilines is 2. The predicted molar refractivity (Wildman–Crippen MR) is 103 cm³/mol. The third kappa shape index (κ3) is 5.10. The number of nitro groups is 1. The van der Waals surface area contributed by atoms with Crippen molar-refractivity contribution in [2.75, 3.05) is 36.9 Å². The summed E-state index contributed by atoms with van der Waals surface area (Å²) in [5, 5.41) is 14.5. The first kappa shape index (κ1) is 19.4. The van der Waals surface area contributed by atoms with E-state index in [4.69, 9.17) is 0 Å². The minimum absolute atomic E-state index is 0.103. The maximum absolute atomic E-state index is 12.1. The van der Waals surface area contributed by atoms with Gasteiger partial charge >= 0.3 is 5.69 Å². The number of likely N-dealkylation sites (tertiary alicyclic amines) is 1. The monoisotopic (exact) mass is 386 g/mol. The molecule has 3 N–H and O–H groups in total. The molecule has 2 aromatic rings. The van der Waals surface area contributed by atoms with Gasteiger partial charge in [-0.2, -0.15) is 0 Å². The van der Waals surface area contributed by atoms with Crippen LogP contribution in [0.1, 0.15) is 29.8 Å². The van der Waals surface area contributed by atoms with Crippen LogP contribution < -0.4 is 16.2 Å². The number of hydrazine groups is 1. The van der Waals surface area contributed by atoms with Crippen LogP contribution in [0.4, 0.5) is 17.3 Å².